The van der Waals surface area contributed by atoms with E-state index in [0.29, 0.717) is 50.0 Å². The molecule has 318 valence electrons. The van der Waals surface area contributed by atoms with Gasteiger partial charge in [-0.1, -0.05) is 6.07 Å². The number of nitrogens with one attached hydrogen (secondary N) is 3. The third-order valence-electron chi connectivity index (χ3n) is 10.1. The number of imide groups is 1. The van der Waals surface area contributed by atoms with Crippen LogP contribution in [0.5, 0.6) is 5.75 Å². The van der Waals surface area contributed by atoms with Gasteiger partial charge in [0.1, 0.15) is 23.9 Å². The van der Waals surface area contributed by atoms with E-state index in [1.54, 1.807) is 24.3 Å². The van der Waals surface area contributed by atoms with Gasteiger partial charge in [-0.05, 0) is 87.1 Å². The lowest BCUT2D eigenvalue weighted by atomic mass is 10.0. The summed E-state index contributed by atoms with van der Waals surface area (Å²) in [7, 11) is 0. The van der Waals surface area contributed by atoms with Crippen molar-refractivity contribution in [2.45, 2.75) is 50.6 Å². The van der Waals surface area contributed by atoms with E-state index in [1.165, 1.54) is 26.0 Å². The van der Waals surface area contributed by atoms with E-state index in [2.05, 4.69) is 16.0 Å². The summed E-state index contributed by atoms with van der Waals surface area (Å²) < 4.78 is 90.1. The maximum absolute atomic E-state index is 14.4. The van der Waals surface area contributed by atoms with Crippen LogP contribution in [0.1, 0.15) is 47.7 Å². The molecule has 3 heterocycles. The summed E-state index contributed by atoms with van der Waals surface area (Å²) in [6.07, 6.45) is -9.25. The van der Waals surface area contributed by atoms with Crippen molar-refractivity contribution in [1.82, 2.24) is 15.1 Å². The Morgan fingerprint density at radius 3 is 2.24 bits per heavy atom. The van der Waals surface area contributed by atoms with E-state index in [4.69, 9.17) is 17.0 Å². The molecule has 3 aliphatic heterocycles. The number of anilines is 4. The maximum Gasteiger partial charge on any atom is 0.420 e. The van der Waals surface area contributed by atoms with Gasteiger partial charge >= 0.3 is 12.4 Å². The third kappa shape index (κ3) is 9.58. The van der Waals surface area contributed by atoms with Crippen LogP contribution in [-0.4, -0.2) is 96.0 Å². The summed E-state index contributed by atoms with van der Waals surface area (Å²) in [6, 6.07) is 13.5. The van der Waals surface area contributed by atoms with E-state index in [-0.39, 0.29) is 58.7 Å². The molecule has 20 heteroatoms. The molecule has 3 aromatic rings. The van der Waals surface area contributed by atoms with Crippen molar-refractivity contribution >= 4 is 63.7 Å². The van der Waals surface area contributed by atoms with Crippen molar-refractivity contribution < 1.29 is 54.5 Å². The quantitative estimate of drug-likeness (QED) is 0.117. The first-order chi connectivity index (χ1) is 27.8. The van der Waals surface area contributed by atoms with Gasteiger partial charge in [-0.15, -0.1) is 0 Å². The van der Waals surface area contributed by atoms with E-state index in [0.717, 1.165) is 34.1 Å². The van der Waals surface area contributed by atoms with Gasteiger partial charge in [0.15, 0.2) is 5.11 Å². The van der Waals surface area contributed by atoms with Crippen molar-refractivity contribution in [3.63, 3.8) is 0 Å². The van der Waals surface area contributed by atoms with Crippen LogP contribution in [-0.2, 0) is 31.5 Å². The van der Waals surface area contributed by atoms with Gasteiger partial charge in [-0.3, -0.25) is 39.2 Å². The highest BCUT2D eigenvalue weighted by atomic mass is 32.1. The number of carbonyl (C=O) groups excluding carboxylic acids is 4. The summed E-state index contributed by atoms with van der Waals surface area (Å²) >= 11 is 5.48. The first-order valence-corrected chi connectivity index (χ1v) is 18.8. The Kier molecular flexibility index (Phi) is 12.2. The number of hydrogen-bond acceptors (Lipinski definition) is 10. The summed E-state index contributed by atoms with van der Waals surface area (Å²) in [5.74, 6) is -2.26. The van der Waals surface area contributed by atoms with E-state index >= 15 is 0 Å². The zero-order valence-corrected chi connectivity index (χ0v) is 32.5. The van der Waals surface area contributed by atoms with Gasteiger partial charge in [-0.25, -0.2) is 0 Å². The number of nitriles is 1. The fourth-order valence-corrected chi connectivity index (χ4v) is 7.56. The molecule has 13 nitrogen and oxygen atoms in total. The molecular weight excluding hydrogens is 807 g/mol. The summed E-state index contributed by atoms with van der Waals surface area (Å²) in [6.45, 7) is 5.08. The van der Waals surface area contributed by atoms with Crippen LogP contribution >= 0.6 is 12.2 Å². The predicted octanol–water partition coefficient (Wildman–Crippen LogP) is 6.10. The van der Waals surface area contributed by atoms with Crippen LogP contribution < -0.4 is 30.5 Å². The lowest BCUT2D eigenvalue weighted by Gasteiger charge is -2.34. The van der Waals surface area contributed by atoms with E-state index in [9.17, 15) is 50.8 Å². The number of nitrogens with zero attached hydrogens (tertiary/aromatic N) is 5. The first kappa shape index (κ1) is 42.8. The smallest absolute Gasteiger partial charge is 0.420 e. The zero-order chi connectivity index (χ0) is 42.9. The number of alkyl halides is 6. The number of ether oxygens (including phenoxy) is 1. The van der Waals surface area contributed by atoms with Crippen LogP contribution in [0.25, 0.3) is 0 Å². The Hall–Kier alpha value is -5.78. The van der Waals surface area contributed by atoms with Crippen LogP contribution in [0.2, 0.25) is 0 Å². The second-order valence-corrected chi connectivity index (χ2v) is 14.9. The molecule has 3 fully saturated rings. The molecule has 0 aliphatic carbocycles. The molecule has 1 atom stereocenters. The number of piperidine rings is 1. The Labute approximate surface area is 344 Å². The standard InChI is InChI=1S/C39H38F6N8O5S.3H2/c1-37(2)35(57)52(26-7-6-23(21-46)28(19-26)38(40,41)42)36(59)53(37)27-8-10-31(29(20-27)39(43,44)45)58-17-16-50-12-14-51(15-13-50)22-33(55)48-25-5-3-4-24(18-25)47-30-9-11-32(54)49-34(30)56;;;/h3-8,10,18-20,30,47H,9,11-17,22H2,1-2H3,(H,48,55)(H,49,54,56);3*1H. The van der Waals surface area contributed by atoms with Gasteiger partial charge in [0, 0.05) is 60.5 Å². The van der Waals surface area contributed by atoms with E-state index < -0.39 is 58.2 Å². The maximum atomic E-state index is 14.4. The highest BCUT2D eigenvalue weighted by Crippen LogP contribution is 2.43. The van der Waals surface area contributed by atoms with Gasteiger partial charge < -0.3 is 20.3 Å². The zero-order valence-electron chi connectivity index (χ0n) is 31.7. The number of hydrogen-bond donors (Lipinski definition) is 3. The molecule has 0 saturated carbocycles. The van der Waals surface area contributed by atoms with Crippen LogP contribution in [0.4, 0.5) is 49.1 Å². The number of amides is 4. The molecule has 1 unspecified atom stereocenters. The Morgan fingerprint density at radius 1 is 0.932 bits per heavy atom. The minimum Gasteiger partial charge on any atom is -0.492 e. The van der Waals surface area contributed by atoms with Gasteiger partial charge in [0.25, 0.3) is 5.91 Å². The second-order valence-electron chi connectivity index (χ2n) is 14.6. The largest absolute Gasteiger partial charge is 0.492 e. The van der Waals surface area contributed by atoms with Crippen molar-refractivity contribution in [1.29, 1.82) is 5.26 Å². The minimum absolute atomic E-state index is 0. The molecule has 0 aromatic heterocycles. The summed E-state index contributed by atoms with van der Waals surface area (Å²) in [4.78, 5) is 55.8. The Morgan fingerprint density at radius 2 is 1.58 bits per heavy atom. The summed E-state index contributed by atoms with van der Waals surface area (Å²) in [5, 5.41) is 17.0. The fourth-order valence-electron chi connectivity index (χ4n) is 7.04. The average Bonchev–Trinajstić information content (AvgIpc) is 3.34. The highest BCUT2D eigenvalue weighted by molar-refractivity contribution is 7.81. The molecule has 3 aliphatic rings. The lowest BCUT2D eigenvalue weighted by molar-refractivity contribution is -0.139. The topological polar surface area (TPSA) is 150 Å². The molecule has 3 N–H and O–H groups in total. The molecule has 0 radical (unpaired) electrons. The first-order valence-electron chi connectivity index (χ1n) is 18.4. The van der Waals surface area contributed by atoms with Crippen molar-refractivity contribution in [3.8, 4) is 11.8 Å². The molecule has 6 rings (SSSR count). The molecule has 3 saturated heterocycles. The highest BCUT2D eigenvalue weighted by Gasteiger charge is 2.51. The van der Waals surface area contributed by atoms with Gasteiger partial charge in [0.2, 0.25) is 17.7 Å². The number of benzene rings is 3. The number of piperazine rings is 1. The van der Waals surface area contributed by atoms with Crippen molar-refractivity contribution in [3.05, 3.63) is 77.4 Å². The SMILES string of the molecule is CC1(C)C(=O)N(c2ccc(C#N)c(C(F)(F)F)c2)C(=S)N1c1ccc(OCCN2CCN(CC(=O)Nc3cccc(NC4CCC(=O)NC4=O)c3)CC2)c(C(F)(F)F)c1.[HH].[HH].[HH]. The molecule has 4 amide bonds. The fraction of sp³-hybridized carbons (Fsp3) is 0.385. The molecule has 0 bridgehead atoms. The monoisotopic (exact) mass is 850 g/mol. The normalized spacial score (nSPS) is 19.1. The van der Waals surface area contributed by atoms with Gasteiger partial charge in [-0.2, -0.15) is 31.6 Å². The Balaban J connectivity index is 0.00000341. The van der Waals surface area contributed by atoms with Crippen LogP contribution in [0.3, 0.4) is 0 Å². The lowest BCUT2D eigenvalue weighted by Crippen LogP contribution is -2.49. The van der Waals surface area contributed by atoms with Crippen molar-refractivity contribution in [2.24, 2.45) is 0 Å². The average molecular weight is 851 g/mol. The predicted molar refractivity (Wildman–Crippen MR) is 214 cm³/mol. The molecule has 59 heavy (non-hydrogen) atoms. The second kappa shape index (κ2) is 16.8. The van der Waals surface area contributed by atoms with Crippen molar-refractivity contribution in [2.75, 3.05) is 66.3 Å². The number of thiocarbonyl (C=S) groups is 1. The van der Waals surface area contributed by atoms with Crippen LogP contribution in [0.15, 0.2) is 60.7 Å². The summed E-state index contributed by atoms with van der Waals surface area (Å²) in [5.41, 5.74) is -4.05. The number of rotatable bonds is 11. The number of halogens is 6. The molecular formula is C39H44F6N8O5S. The Bertz CT molecular complexity index is 2220. The minimum atomic E-state index is -4.93. The third-order valence-corrected chi connectivity index (χ3v) is 10.5. The van der Waals surface area contributed by atoms with Gasteiger partial charge in [0.05, 0.1) is 35.0 Å². The molecule has 3 aromatic carbocycles. The molecule has 0 spiro atoms. The van der Waals surface area contributed by atoms with E-state index in [1.807, 2.05) is 9.80 Å². The van der Waals surface area contributed by atoms with Crippen LogP contribution in [0, 0.1) is 11.3 Å². The number of carbonyl (C=O) groups is 4.